The van der Waals surface area contributed by atoms with Crippen molar-refractivity contribution >= 4 is 46.3 Å². The highest BCUT2D eigenvalue weighted by Crippen LogP contribution is 2.38. The van der Waals surface area contributed by atoms with Crippen LogP contribution in [0, 0.1) is 6.92 Å². The largest absolute Gasteiger partial charge is 0.311 e. The molecule has 2 nitrogen and oxygen atoms in total. The summed E-state index contributed by atoms with van der Waals surface area (Å²) in [6.45, 7) is 2.17. The molecule has 0 aliphatic carbocycles. The smallest absolute Gasteiger partial charge is 0.0490 e. The minimum Gasteiger partial charge on any atom is -0.311 e. The van der Waals surface area contributed by atoms with Crippen molar-refractivity contribution in [2.24, 2.45) is 0 Å². The topological polar surface area (TPSA) is 6.48 Å². The Labute approximate surface area is 313 Å². The van der Waals surface area contributed by atoms with Gasteiger partial charge in [0.1, 0.15) is 0 Å². The van der Waals surface area contributed by atoms with Crippen LogP contribution in [0.2, 0.25) is 0 Å². The zero-order valence-electron chi connectivity index (χ0n) is 29.8. The van der Waals surface area contributed by atoms with Crippen LogP contribution in [-0.2, 0) is 0 Å². The molecule has 0 aromatic heterocycles. The van der Waals surface area contributed by atoms with Crippen molar-refractivity contribution in [1.82, 2.24) is 0 Å². The van der Waals surface area contributed by atoms with Crippen LogP contribution in [-0.4, -0.2) is 0 Å². The first-order valence-corrected chi connectivity index (χ1v) is 18.1. The van der Waals surface area contributed by atoms with Crippen LogP contribution < -0.4 is 9.80 Å². The summed E-state index contributed by atoms with van der Waals surface area (Å²) in [5.74, 6) is 0. The number of para-hydroxylation sites is 3. The van der Waals surface area contributed by atoms with Crippen molar-refractivity contribution in [2.45, 2.75) is 6.92 Å². The van der Waals surface area contributed by atoms with Crippen LogP contribution in [0.1, 0.15) is 16.7 Å². The number of benzene rings is 8. The average molecular weight is 681 g/mol. The lowest BCUT2D eigenvalue weighted by Crippen LogP contribution is -2.11. The molecule has 8 aromatic carbocycles. The van der Waals surface area contributed by atoms with Crippen LogP contribution in [0.5, 0.6) is 0 Å². The molecular weight excluding hydrogens is 641 g/mol. The Balaban J connectivity index is 0.990. The molecule has 8 rings (SSSR count). The van der Waals surface area contributed by atoms with Gasteiger partial charge < -0.3 is 9.80 Å². The highest BCUT2D eigenvalue weighted by atomic mass is 15.1. The molecule has 0 spiro atoms. The van der Waals surface area contributed by atoms with Crippen molar-refractivity contribution in [3.05, 3.63) is 229 Å². The Bertz CT molecular complexity index is 2360. The quantitative estimate of drug-likeness (QED) is 0.133. The molecule has 0 bridgehead atoms. The predicted molar refractivity (Wildman–Crippen MR) is 227 cm³/mol. The lowest BCUT2D eigenvalue weighted by atomic mass is 10.0. The second-order valence-electron chi connectivity index (χ2n) is 13.1. The van der Waals surface area contributed by atoms with E-state index in [0.717, 1.165) is 39.6 Å². The van der Waals surface area contributed by atoms with E-state index in [1.165, 1.54) is 33.5 Å². The van der Waals surface area contributed by atoms with Gasteiger partial charge in [-0.25, -0.2) is 0 Å². The van der Waals surface area contributed by atoms with E-state index >= 15 is 0 Å². The molecule has 2 heteroatoms. The number of rotatable bonds is 10. The van der Waals surface area contributed by atoms with Crippen molar-refractivity contribution in [3.63, 3.8) is 0 Å². The summed E-state index contributed by atoms with van der Waals surface area (Å²) < 4.78 is 0. The van der Waals surface area contributed by atoms with E-state index in [-0.39, 0.29) is 0 Å². The summed E-state index contributed by atoms with van der Waals surface area (Å²) in [6, 6.07) is 75.4. The van der Waals surface area contributed by atoms with Crippen LogP contribution in [0.4, 0.5) is 34.1 Å². The molecular formula is C51H40N2. The van der Waals surface area contributed by atoms with Crippen LogP contribution in [0.3, 0.4) is 0 Å². The molecule has 254 valence electrons. The van der Waals surface area contributed by atoms with Crippen LogP contribution in [0.15, 0.2) is 212 Å². The molecule has 0 saturated carbocycles. The molecule has 0 amide bonds. The van der Waals surface area contributed by atoms with Gasteiger partial charge in [-0.2, -0.15) is 0 Å². The highest BCUT2D eigenvalue weighted by Gasteiger charge is 2.15. The van der Waals surface area contributed by atoms with Gasteiger partial charge in [-0.05, 0) is 113 Å². The Hall–Kier alpha value is -6.90. The molecule has 0 N–H and O–H groups in total. The highest BCUT2D eigenvalue weighted by molar-refractivity contribution is 5.82. The van der Waals surface area contributed by atoms with Crippen molar-refractivity contribution in [2.75, 3.05) is 9.80 Å². The number of hydrogen-bond acceptors (Lipinski definition) is 2. The monoisotopic (exact) mass is 680 g/mol. The summed E-state index contributed by atoms with van der Waals surface area (Å²) in [5.41, 5.74) is 15.2. The molecule has 0 fully saturated rings. The maximum Gasteiger partial charge on any atom is 0.0490 e. The fourth-order valence-electron chi connectivity index (χ4n) is 6.79. The predicted octanol–water partition coefficient (Wildman–Crippen LogP) is 14.4. The first kappa shape index (κ1) is 33.3. The summed E-state index contributed by atoms with van der Waals surface area (Å²) >= 11 is 0. The molecule has 0 aliphatic rings. The zero-order valence-corrected chi connectivity index (χ0v) is 29.8. The maximum absolute atomic E-state index is 2.34. The number of anilines is 6. The SMILES string of the molecule is Cc1ccccc1N(c1ccc(-c2ccccc2)cc1)c1ccc(-c2ccc(/C=C/c3ccc(N(c4ccccc4)c4ccccc4)cc3)cc2)cc1. The first-order chi connectivity index (χ1) is 26.2. The lowest BCUT2D eigenvalue weighted by molar-refractivity contribution is 1.25. The van der Waals surface area contributed by atoms with Crippen LogP contribution in [0.25, 0.3) is 34.4 Å². The number of aryl methyl sites for hydroxylation is 1. The first-order valence-electron chi connectivity index (χ1n) is 18.1. The Morgan fingerprint density at radius 2 is 0.604 bits per heavy atom. The van der Waals surface area contributed by atoms with Gasteiger partial charge in [0, 0.05) is 34.1 Å². The molecule has 8 aromatic rings. The van der Waals surface area contributed by atoms with E-state index in [0.29, 0.717) is 0 Å². The lowest BCUT2D eigenvalue weighted by Gasteiger charge is -2.27. The van der Waals surface area contributed by atoms with E-state index < -0.39 is 0 Å². The van der Waals surface area contributed by atoms with E-state index in [1.807, 2.05) is 0 Å². The molecule has 0 radical (unpaired) electrons. The average Bonchev–Trinajstić information content (AvgIpc) is 3.23. The fraction of sp³-hybridized carbons (Fsp3) is 0.0196. The molecule has 0 unspecified atom stereocenters. The van der Waals surface area contributed by atoms with Crippen molar-refractivity contribution in [1.29, 1.82) is 0 Å². The van der Waals surface area contributed by atoms with Gasteiger partial charge in [-0.1, -0.05) is 158 Å². The van der Waals surface area contributed by atoms with Gasteiger partial charge in [0.05, 0.1) is 0 Å². The van der Waals surface area contributed by atoms with E-state index in [1.54, 1.807) is 0 Å². The van der Waals surface area contributed by atoms with E-state index in [2.05, 4.69) is 241 Å². The molecule has 0 atom stereocenters. The zero-order chi connectivity index (χ0) is 35.8. The second-order valence-corrected chi connectivity index (χ2v) is 13.1. The molecule has 0 aliphatic heterocycles. The minimum absolute atomic E-state index is 1.12. The van der Waals surface area contributed by atoms with Gasteiger partial charge in [-0.3, -0.25) is 0 Å². The Morgan fingerprint density at radius 1 is 0.283 bits per heavy atom. The van der Waals surface area contributed by atoms with Gasteiger partial charge >= 0.3 is 0 Å². The van der Waals surface area contributed by atoms with E-state index in [9.17, 15) is 0 Å². The second kappa shape index (κ2) is 15.6. The summed E-state index contributed by atoms with van der Waals surface area (Å²) in [7, 11) is 0. The van der Waals surface area contributed by atoms with Gasteiger partial charge in [0.15, 0.2) is 0 Å². The summed E-state index contributed by atoms with van der Waals surface area (Å²) in [4.78, 5) is 4.62. The third-order valence-corrected chi connectivity index (χ3v) is 9.61. The standard InChI is InChI=1S/C51H40N2/c1-39-13-11-12-20-51(39)53(49-35-29-44(30-36-49)42-14-5-2-6-15-42)50-37-31-45(32-38-50)43-27-23-40(24-28-43)21-22-41-25-33-48(34-26-41)52(46-16-7-3-8-17-46)47-18-9-4-10-19-47/h2-38H,1H3/b22-21+. The van der Waals surface area contributed by atoms with Crippen LogP contribution >= 0.6 is 0 Å². The van der Waals surface area contributed by atoms with Gasteiger partial charge in [-0.15, -0.1) is 0 Å². The molecule has 0 heterocycles. The molecule has 53 heavy (non-hydrogen) atoms. The Kier molecular flexibility index (Phi) is 9.76. The maximum atomic E-state index is 2.34. The van der Waals surface area contributed by atoms with Crippen molar-refractivity contribution in [3.8, 4) is 22.3 Å². The fourth-order valence-corrected chi connectivity index (χ4v) is 6.79. The van der Waals surface area contributed by atoms with E-state index in [4.69, 9.17) is 0 Å². The third-order valence-electron chi connectivity index (χ3n) is 9.61. The summed E-state index contributed by atoms with van der Waals surface area (Å²) in [6.07, 6.45) is 4.35. The summed E-state index contributed by atoms with van der Waals surface area (Å²) in [5, 5.41) is 0. The van der Waals surface area contributed by atoms with Crippen molar-refractivity contribution < 1.29 is 0 Å². The molecule has 0 saturated heterocycles. The number of nitrogens with zero attached hydrogens (tertiary/aromatic N) is 2. The third kappa shape index (κ3) is 7.58. The van der Waals surface area contributed by atoms with Gasteiger partial charge in [0.25, 0.3) is 0 Å². The minimum atomic E-state index is 1.12. The normalized spacial score (nSPS) is 11.0. The van der Waals surface area contributed by atoms with Gasteiger partial charge in [0.2, 0.25) is 0 Å². The number of hydrogen-bond donors (Lipinski definition) is 0. The Morgan fingerprint density at radius 3 is 1.08 bits per heavy atom.